The first-order valence-electron chi connectivity index (χ1n) is 10.2. The maximum Gasteiger partial charge on any atom is 0.277 e. The van der Waals surface area contributed by atoms with E-state index in [1.165, 1.54) is 12.1 Å². The number of nitrogens with one attached hydrogen (secondary N) is 1. The summed E-state index contributed by atoms with van der Waals surface area (Å²) in [7, 11) is 0. The number of amides is 1. The molecule has 2 aromatic heterocycles. The normalized spacial score (nSPS) is 11.2. The number of aromatic nitrogens is 3. The molecule has 5 rings (SSSR count). The van der Waals surface area contributed by atoms with Crippen LogP contribution in [0, 0.1) is 5.82 Å². The predicted molar refractivity (Wildman–Crippen MR) is 120 cm³/mol. The Morgan fingerprint density at radius 2 is 1.66 bits per heavy atom. The minimum Gasteiger partial charge on any atom is -0.348 e. The fourth-order valence-corrected chi connectivity index (χ4v) is 3.77. The lowest BCUT2D eigenvalue weighted by Gasteiger charge is -2.13. The number of halogens is 1. The van der Waals surface area contributed by atoms with Gasteiger partial charge in [0.25, 0.3) is 11.5 Å². The molecule has 158 valence electrons. The number of nitrogens with zero attached hydrogens (tertiary/aromatic N) is 3. The van der Waals surface area contributed by atoms with Gasteiger partial charge in [0.05, 0.1) is 23.8 Å². The van der Waals surface area contributed by atoms with Gasteiger partial charge in [0, 0.05) is 12.1 Å². The highest BCUT2D eigenvalue weighted by Crippen LogP contribution is 2.18. The second-order valence-corrected chi connectivity index (χ2v) is 7.52. The SMILES string of the molecule is O=C(NCc1ccc(F)cc1)c1ccc2c(c1)n(Cc1ccccc1)c(=O)c1ccnn12. The van der Waals surface area contributed by atoms with Gasteiger partial charge in [-0.2, -0.15) is 5.10 Å². The summed E-state index contributed by atoms with van der Waals surface area (Å²) >= 11 is 0. The van der Waals surface area contributed by atoms with Crippen molar-refractivity contribution in [1.82, 2.24) is 19.5 Å². The summed E-state index contributed by atoms with van der Waals surface area (Å²) in [5, 5.41) is 7.13. The van der Waals surface area contributed by atoms with Crippen LogP contribution in [-0.2, 0) is 13.1 Å². The quantitative estimate of drug-likeness (QED) is 0.465. The molecule has 3 aromatic carbocycles. The largest absolute Gasteiger partial charge is 0.348 e. The highest BCUT2D eigenvalue weighted by molar-refractivity contribution is 5.97. The van der Waals surface area contributed by atoms with Gasteiger partial charge in [-0.3, -0.25) is 9.59 Å². The molecule has 0 bridgehead atoms. The average molecular weight is 426 g/mol. The second kappa shape index (κ2) is 8.11. The van der Waals surface area contributed by atoms with E-state index < -0.39 is 0 Å². The molecule has 0 aliphatic carbocycles. The molecule has 0 saturated heterocycles. The minimum atomic E-state index is -0.323. The third kappa shape index (κ3) is 3.65. The van der Waals surface area contributed by atoms with Gasteiger partial charge in [-0.05, 0) is 47.5 Å². The van der Waals surface area contributed by atoms with E-state index in [1.54, 1.807) is 51.7 Å². The Morgan fingerprint density at radius 1 is 0.875 bits per heavy atom. The van der Waals surface area contributed by atoms with Crippen molar-refractivity contribution in [1.29, 1.82) is 0 Å². The van der Waals surface area contributed by atoms with Crippen LogP contribution in [0.25, 0.3) is 16.6 Å². The van der Waals surface area contributed by atoms with Crippen molar-refractivity contribution in [2.45, 2.75) is 13.1 Å². The summed E-state index contributed by atoms with van der Waals surface area (Å²) in [6.07, 6.45) is 1.59. The molecule has 0 aliphatic rings. The highest BCUT2D eigenvalue weighted by atomic mass is 19.1. The zero-order valence-electron chi connectivity index (χ0n) is 17.0. The van der Waals surface area contributed by atoms with Crippen LogP contribution in [0.4, 0.5) is 4.39 Å². The highest BCUT2D eigenvalue weighted by Gasteiger charge is 2.15. The van der Waals surface area contributed by atoms with Gasteiger partial charge in [0.1, 0.15) is 11.3 Å². The predicted octanol–water partition coefficient (Wildman–Crippen LogP) is 3.77. The van der Waals surface area contributed by atoms with E-state index in [4.69, 9.17) is 0 Å². The Kier molecular flexibility index (Phi) is 4.99. The Morgan fingerprint density at radius 3 is 2.44 bits per heavy atom. The van der Waals surface area contributed by atoms with E-state index in [9.17, 15) is 14.0 Å². The van der Waals surface area contributed by atoms with Crippen LogP contribution in [0.5, 0.6) is 0 Å². The monoisotopic (exact) mass is 426 g/mol. The standard InChI is InChI=1S/C25H19FN4O2/c26-20-9-6-17(7-10-20)15-27-24(31)19-8-11-21-23(14-19)29(16-18-4-2-1-3-5-18)25(32)22-12-13-28-30(21)22/h1-14H,15-16H2,(H,27,31). The fourth-order valence-electron chi connectivity index (χ4n) is 3.77. The molecule has 1 N–H and O–H groups in total. The molecular weight excluding hydrogens is 407 g/mol. The molecule has 5 aromatic rings. The lowest BCUT2D eigenvalue weighted by Crippen LogP contribution is -2.25. The molecule has 32 heavy (non-hydrogen) atoms. The van der Waals surface area contributed by atoms with E-state index >= 15 is 0 Å². The summed E-state index contributed by atoms with van der Waals surface area (Å²) < 4.78 is 16.4. The molecule has 0 radical (unpaired) electrons. The lowest BCUT2D eigenvalue weighted by atomic mass is 10.1. The molecule has 0 fully saturated rings. The maximum atomic E-state index is 13.2. The number of rotatable bonds is 5. The first kappa shape index (κ1) is 19.7. The zero-order chi connectivity index (χ0) is 22.1. The van der Waals surface area contributed by atoms with Crippen LogP contribution in [0.15, 0.2) is 89.9 Å². The van der Waals surface area contributed by atoms with Crippen LogP contribution in [0.1, 0.15) is 21.5 Å². The second-order valence-electron chi connectivity index (χ2n) is 7.52. The minimum absolute atomic E-state index is 0.178. The Balaban J connectivity index is 1.54. The maximum absolute atomic E-state index is 13.2. The van der Waals surface area contributed by atoms with Gasteiger partial charge >= 0.3 is 0 Å². The molecule has 7 heteroatoms. The zero-order valence-corrected chi connectivity index (χ0v) is 17.0. The van der Waals surface area contributed by atoms with Gasteiger partial charge in [0.15, 0.2) is 0 Å². The van der Waals surface area contributed by atoms with Crippen molar-refractivity contribution in [3.05, 3.63) is 118 Å². The topological polar surface area (TPSA) is 68.4 Å². The van der Waals surface area contributed by atoms with Gasteiger partial charge < -0.3 is 9.88 Å². The van der Waals surface area contributed by atoms with Crippen molar-refractivity contribution >= 4 is 22.5 Å². The Labute approximate surface area is 182 Å². The van der Waals surface area contributed by atoms with Gasteiger partial charge in [0.2, 0.25) is 0 Å². The number of hydrogen-bond acceptors (Lipinski definition) is 3. The summed E-state index contributed by atoms with van der Waals surface area (Å²) in [5.41, 5.74) is 3.84. The number of fused-ring (bicyclic) bond motifs is 3. The molecule has 0 unspecified atom stereocenters. The molecule has 6 nitrogen and oxygen atoms in total. The summed E-state index contributed by atoms with van der Waals surface area (Å²) in [6.45, 7) is 0.644. The number of carbonyl (C=O) groups is 1. The lowest BCUT2D eigenvalue weighted by molar-refractivity contribution is 0.0951. The van der Waals surface area contributed by atoms with E-state index in [0.29, 0.717) is 23.1 Å². The molecule has 0 aliphatic heterocycles. The van der Waals surface area contributed by atoms with Crippen molar-refractivity contribution in [3.63, 3.8) is 0 Å². The van der Waals surface area contributed by atoms with Crippen molar-refractivity contribution in [2.24, 2.45) is 0 Å². The average Bonchev–Trinajstić information content (AvgIpc) is 3.32. The van der Waals surface area contributed by atoms with Crippen molar-refractivity contribution in [2.75, 3.05) is 0 Å². The summed E-state index contributed by atoms with van der Waals surface area (Å²) in [4.78, 5) is 26.0. The van der Waals surface area contributed by atoms with Gasteiger partial charge in [-0.1, -0.05) is 42.5 Å². The van der Waals surface area contributed by atoms with E-state index in [2.05, 4.69) is 10.4 Å². The van der Waals surface area contributed by atoms with Gasteiger partial charge in [-0.15, -0.1) is 0 Å². The van der Waals surface area contributed by atoms with Crippen LogP contribution in [0.2, 0.25) is 0 Å². The summed E-state index contributed by atoms with van der Waals surface area (Å²) in [6, 6.07) is 22.6. The molecule has 0 saturated carbocycles. The van der Waals surface area contributed by atoms with Crippen molar-refractivity contribution < 1.29 is 9.18 Å². The van der Waals surface area contributed by atoms with Crippen molar-refractivity contribution in [3.8, 4) is 0 Å². The van der Waals surface area contributed by atoms with Crippen LogP contribution < -0.4 is 10.9 Å². The third-order valence-electron chi connectivity index (χ3n) is 5.41. The number of hydrogen-bond donors (Lipinski definition) is 1. The molecule has 2 heterocycles. The van der Waals surface area contributed by atoms with Crippen LogP contribution in [-0.4, -0.2) is 20.1 Å². The first-order valence-corrected chi connectivity index (χ1v) is 10.2. The number of carbonyl (C=O) groups excluding carboxylic acids is 1. The van der Waals surface area contributed by atoms with Crippen LogP contribution >= 0.6 is 0 Å². The molecule has 1 amide bonds. The van der Waals surface area contributed by atoms with E-state index in [-0.39, 0.29) is 23.8 Å². The van der Waals surface area contributed by atoms with Crippen LogP contribution in [0.3, 0.4) is 0 Å². The van der Waals surface area contributed by atoms with E-state index in [0.717, 1.165) is 16.6 Å². The Bertz CT molecular complexity index is 1490. The molecular formula is C25H19FN4O2. The number of benzene rings is 3. The smallest absolute Gasteiger partial charge is 0.277 e. The fraction of sp³-hybridized carbons (Fsp3) is 0.0800. The summed E-state index contributed by atoms with van der Waals surface area (Å²) in [5.74, 6) is -0.605. The van der Waals surface area contributed by atoms with E-state index in [1.807, 2.05) is 30.3 Å². The third-order valence-corrected chi connectivity index (χ3v) is 5.41. The molecule has 0 atom stereocenters. The molecule has 0 spiro atoms. The van der Waals surface area contributed by atoms with Gasteiger partial charge in [-0.25, -0.2) is 8.91 Å². The first-order chi connectivity index (χ1) is 15.6. The Hall–Kier alpha value is -4.26.